The Balaban J connectivity index is 2.44. The lowest BCUT2D eigenvalue weighted by Crippen LogP contribution is -2.52. The van der Waals surface area contributed by atoms with Crippen LogP contribution in [0.15, 0.2) is 0 Å². The van der Waals surface area contributed by atoms with Crippen molar-refractivity contribution in [1.82, 2.24) is 5.32 Å². The second-order valence-corrected chi connectivity index (χ2v) is 3.97. The quantitative estimate of drug-likeness (QED) is 0.746. The number of aliphatic hydroxyl groups is 1. The topological polar surface area (TPSA) is 32.3 Å². The molecule has 2 nitrogen and oxygen atoms in total. The molecule has 1 rings (SSSR count). The third-order valence-electron chi connectivity index (χ3n) is 2.78. The number of rotatable bonds is 3. The summed E-state index contributed by atoms with van der Waals surface area (Å²) in [4.78, 5) is 0. The molecule has 0 aromatic heterocycles. The molecule has 0 spiro atoms. The van der Waals surface area contributed by atoms with E-state index in [1.54, 1.807) is 0 Å². The van der Waals surface area contributed by atoms with Crippen molar-refractivity contribution in [3.05, 3.63) is 0 Å². The van der Waals surface area contributed by atoms with Crippen molar-refractivity contribution in [2.24, 2.45) is 0 Å². The van der Waals surface area contributed by atoms with E-state index in [0.29, 0.717) is 12.8 Å². The van der Waals surface area contributed by atoms with E-state index in [1.165, 1.54) is 0 Å². The van der Waals surface area contributed by atoms with Crippen LogP contribution in [0.3, 0.4) is 0 Å². The van der Waals surface area contributed by atoms with Gasteiger partial charge in [-0.15, -0.1) is 0 Å². The Bertz CT molecular complexity index is 175. The standard InChI is InChI=1S/C9H16F3NO/c10-9(11,12)6-13-8(7-14)4-2-1-3-5-8/h13-14H,1-7H2. The summed E-state index contributed by atoms with van der Waals surface area (Å²) in [7, 11) is 0. The Morgan fingerprint density at radius 1 is 1.14 bits per heavy atom. The fraction of sp³-hybridized carbons (Fsp3) is 1.00. The zero-order valence-electron chi connectivity index (χ0n) is 8.03. The average Bonchev–Trinajstić information content (AvgIpc) is 2.15. The van der Waals surface area contributed by atoms with E-state index < -0.39 is 18.3 Å². The molecule has 0 saturated heterocycles. The van der Waals surface area contributed by atoms with Gasteiger partial charge in [-0.2, -0.15) is 13.2 Å². The molecular formula is C9H16F3NO. The highest BCUT2D eigenvalue weighted by Crippen LogP contribution is 2.28. The second-order valence-electron chi connectivity index (χ2n) is 3.97. The summed E-state index contributed by atoms with van der Waals surface area (Å²) in [5, 5.41) is 11.6. The number of hydrogen-bond acceptors (Lipinski definition) is 2. The van der Waals surface area contributed by atoms with E-state index in [4.69, 9.17) is 5.11 Å². The highest BCUT2D eigenvalue weighted by atomic mass is 19.4. The van der Waals surface area contributed by atoms with Gasteiger partial charge < -0.3 is 10.4 Å². The van der Waals surface area contributed by atoms with Crippen LogP contribution in [0.4, 0.5) is 13.2 Å². The van der Waals surface area contributed by atoms with E-state index in [-0.39, 0.29) is 6.61 Å². The molecule has 1 fully saturated rings. The lowest BCUT2D eigenvalue weighted by atomic mass is 9.82. The summed E-state index contributed by atoms with van der Waals surface area (Å²) in [6.07, 6.45) is -0.0783. The van der Waals surface area contributed by atoms with Crippen LogP contribution in [0.5, 0.6) is 0 Å². The van der Waals surface area contributed by atoms with Crippen LogP contribution in [-0.2, 0) is 0 Å². The van der Waals surface area contributed by atoms with E-state index in [0.717, 1.165) is 19.3 Å². The normalized spacial score (nSPS) is 22.3. The molecule has 5 heteroatoms. The molecule has 1 aliphatic rings. The lowest BCUT2D eigenvalue weighted by Gasteiger charge is -2.36. The van der Waals surface area contributed by atoms with Gasteiger partial charge in [-0.05, 0) is 12.8 Å². The largest absolute Gasteiger partial charge is 0.401 e. The molecule has 2 N–H and O–H groups in total. The third-order valence-corrected chi connectivity index (χ3v) is 2.78. The van der Waals surface area contributed by atoms with Crippen LogP contribution in [0.1, 0.15) is 32.1 Å². The molecule has 0 unspecified atom stereocenters. The average molecular weight is 211 g/mol. The first kappa shape index (κ1) is 11.8. The second kappa shape index (κ2) is 4.49. The Labute approximate surface area is 81.5 Å². The van der Waals surface area contributed by atoms with Crippen molar-refractivity contribution in [3.8, 4) is 0 Å². The molecular weight excluding hydrogens is 195 g/mol. The van der Waals surface area contributed by atoms with Gasteiger partial charge in [0.25, 0.3) is 0 Å². The maximum atomic E-state index is 12.0. The maximum Gasteiger partial charge on any atom is 0.401 e. The summed E-state index contributed by atoms with van der Waals surface area (Å²) in [5.74, 6) is 0. The maximum absolute atomic E-state index is 12.0. The predicted octanol–water partition coefficient (Wildman–Crippen LogP) is 1.83. The molecule has 1 aliphatic carbocycles. The van der Waals surface area contributed by atoms with Crippen molar-refractivity contribution >= 4 is 0 Å². The minimum absolute atomic E-state index is 0.205. The van der Waals surface area contributed by atoms with Crippen LogP contribution >= 0.6 is 0 Å². The number of alkyl halides is 3. The molecule has 0 aromatic rings. The van der Waals surface area contributed by atoms with Gasteiger partial charge in [0.1, 0.15) is 0 Å². The van der Waals surface area contributed by atoms with Crippen molar-refractivity contribution in [1.29, 1.82) is 0 Å². The molecule has 0 aliphatic heterocycles. The monoisotopic (exact) mass is 211 g/mol. The number of aliphatic hydroxyl groups excluding tert-OH is 1. The van der Waals surface area contributed by atoms with E-state index >= 15 is 0 Å². The molecule has 0 bridgehead atoms. The molecule has 0 radical (unpaired) electrons. The van der Waals surface area contributed by atoms with Crippen LogP contribution < -0.4 is 5.32 Å². The first-order valence-electron chi connectivity index (χ1n) is 4.90. The molecule has 1 saturated carbocycles. The number of nitrogens with one attached hydrogen (secondary N) is 1. The fourth-order valence-corrected chi connectivity index (χ4v) is 1.91. The Kier molecular flexibility index (Phi) is 3.78. The van der Waals surface area contributed by atoms with E-state index in [2.05, 4.69) is 5.32 Å². The van der Waals surface area contributed by atoms with E-state index in [9.17, 15) is 13.2 Å². The fourth-order valence-electron chi connectivity index (χ4n) is 1.91. The van der Waals surface area contributed by atoms with Crippen LogP contribution in [0, 0.1) is 0 Å². The van der Waals surface area contributed by atoms with E-state index in [1.807, 2.05) is 0 Å². The molecule has 0 atom stereocenters. The van der Waals surface area contributed by atoms with Crippen molar-refractivity contribution < 1.29 is 18.3 Å². The Morgan fingerprint density at radius 3 is 2.14 bits per heavy atom. The lowest BCUT2D eigenvalue weighted by molar-refractivity contribution is -0.131. The highest BCUT2D eigenvalue weighted by molar-refractivity contribution is 4.90. The summed E-state index contributed by atoms with van der Waals surface area (Å²) in [5.41, 5.74) is -0.687. The van der Waals surface area contributed by atoms with Crippen LogP contribution in [-0.4, -0.2) is 30.0 Å². The predicted molar refractivity (Wildman–Crippen MR) is 47.0 cm³/mol. The van der Waals surface area contributed by atoms with Crippen LogP contribution in [0.2, 0.25) is 0 Å². The molecule has 0 amide bonds. The van der Waals surface area contributed by atoms with Crippen molar-refractivity contribution in [3.63, 3.8) is 0 Å². The molecule has 84 valence electrons. The first-order chi connectivity index (χ1) is 6.47. The van der Waals surface area contributed by atoms with Crippen molar-refractivity contribution in [2.45, 2.75) is 43.8 Å². The molecule has 0 heterocycles. The van der Waals surface area contributed by atoms with Gasteiger partial charge >= 0.3 is 6.18 Å². The summed E-state index contributed by atoms with van der Waals surface area (Å²) < 4.78 is 35.9. The van der Waals surface area contributed by atoms with Gasteiger partial charge in [0, 0.05) is 5.54 Å². The summed E-state index contributed by atoms with van der Waals surface area (Å²) >= 11 is 0. The molecule has 0 aromatic carbocycles. The van der Waals surface area contributed by atoms with Gasteiger partial charge in [-0.1, -0.05) is 19.3 Å². The number of hydrogen-bond donors (Lipinski definition) is 2. The van der Waals surface area contributed by atoms with Crippen LogP contribution in [0.25, 0.3) is 0 Å². The third kappa shape index (κ3) is 3.46. The Hall–Kier alpha value is -0.290. The van der Waals surface area contributed by atoms with Gasteiger partial charge in [0.05, 0.1) is 13.2 Å². The molecule has 14 heavy (non-hydrogen) atoms. The van der Waals surface area contributed by atoms with Gasteiger partial charge in [0.2, 0.25) is 0 Å². The summed E-state index contributed by atoms with van der Waals surface area (Å²) in [6, 6.07) is 0. The zero-order valence-corrected chi connectivity index (χ0v) is 8.03. The highest BCUT2D eigenvalue weighted by Gasteiger charge is 2.36. The SMILES string of the molecule is OCC1(NCC(F)(F)F)CCCCC1. The summed E-state index contributed by atoms with van der Waals surface area (Å²) in [6.45, 7) is -1.21. The van der Waals surface area contributed by atoms with Crippen molar-refractivity contribution in [2.75, 3.05) is 13.2 Å². The Morgan fingerprint density at radius 2 is 1.71 bits per heavy atom. The minimum Gasteiger partial charge on any atom is -0.394 e. The first-order valence-corrected chi connectivity index (χ1v) is 4.90. The smallest absolute Gasteiger partial charge is 0.394 e. The zero-order chi connectivity index (χ0) is 10.7. The van der Waals surface area contributed by atoms with Gasteiger partial charge in [-0.3, -0.25) is 0 Å². The van der Waals surface area contributed by atoms with Gasteiger partial charge in [0.15, 0.2) is 0 Å². The minimum atomic E-state index is -4.19. The van der Waals surface area contributed by atoms with Gasteiger partial charge in [-0.25, -0.2) is 0 Å². The number of halogens is 3.